The number of benzene rings is 1. The van der Waals surface area contributed by atoms with Gasteiger partial charge in [-0.3, -0.25) is 4.72 Å². The molecule has 0 bridgehead atoms. The van der Waals surface area contributed by atoms with Gasteiger partial charge in [0, 0.05) is 24.1 Å². The van der Waals surface area contributed by atoms with Crippen LogP contribution in [0.25, 0.3) is 0 Å². The van der Waals surface area contributed by atoms with Crippen molar-refractivity contribution < 1.29 is 22.1 Å². The molecule has 0 amide bonds. The Kier molecular flexibility index (Phi) is 5.48. The predicted molar refractivity (Wildman–Crippen MR) is 98.0 cm³/mol. The summed E-state index contributed by atoms with van der Waals surface area (Å²) in [5, 5.41) is 0.169. The molecule has 25 heavy (non-hydrogen) atoms. The highest BCUT2D eigenvalue weighted by Gasteiger charge is 2.52. The first kappa shape index (κ1) is 20.4. The van der Waals surface area contributed by atoms with Crippen LogP contribution in [0.4, 0.5) is 10.1 Å². The molecule has 1 aromatic rings. The maximum atomic E-state index is 14.9. The van der Waals surface area contributed by atoms with E-state index in [2.05, 4.69) is 4.72 Å². The van der Waals surface area contributed by atoms with Crippen LogP contribution >= 0.6 is 11.6 Å². The summed E-state index contributed by atoms with van der Waals surface area (Å²) in [4.78, 5) is 0. The van der Waals surface area contributed by atoms with Crippen LogP contribution in [-0.4, -0.2) is 44.6 Å². The van der Waals surface area contributed by atoms with Gasteiger partial charge in [0.25, 0.3) is 0 Å². The van der Waals surface area contributed by atoms with Gasteiger partial charge in [-0.05, 0) is 39.8 Å². The van der Waals surface area contributed by atoms with Crippen molar-refractivity contribution in [2.45, 2.75) is 45.8 Å². The van der Waals surface area contributed by atoms with E-state index in [1.54, 1.807) is 6.92 Å². The van der Waals surface area contributed by atoms with Crippen molar-refractivity contribution in [1.82, 2.24) is 4.31 Å². The molecule has 1 fully saturated rings. The highest BCUT2D eigenvalue weighted by molar-refractivity contribution is 7.90. The summed E-state index contributed by atoms with van der Waals surface area (Å²) in [5.74, 6) is -0.782. The van der Waals surface area contributed by atoms with Crippen molar-refractivity contribution in [3.8, 4) is 0 Å². The highest BCUT2D eigenvalue weighted by atomic mass is 35.5. The molecule has 0 aromatic heterocycles. The van der Waals surface area contributed by atoms with Crippen LogP contribution < -0.4 is 10.2 Å². The van der Waals surface area contributed by atoms with Crippen molar-refractivity contribution in [2.75, 3.05) is 18.3 Å². The molecule has 0 atom stereocenters. The summed E-state index contributed by atoms with van der Waals surface area (Å²) in [6, 6.07) is 2.59. The van der Waals surface area contributed by atoms with Crippen molar-refractivity contribution in [3.05, 3.63) is 23.0 Å². The monoisotopic (exact) mass is 392 g/mol. The van der Waals surface area contributed by atoms with Crippen LogP contribution in [0.1, 0.15) is 34.6 Å². The molecule has 0 radical (unpaired) electrons. The Labute approximate surface area is 154 Å². The zero-order chi connectivity index (χ0) is 19.2. The second-order valence-corrected chi connectivity index (χ2v) is 9.18. The van der Waals surface area contributed by atoms with Gasteiger partial charge >= 0.3 is 17.3 Å². The number of halogens is 2. The van der Waals surface area contributed by atoms with Gasteiger partial charge in [-0.25, -0.2) is 4.39 Å². The third-order valence-electron chi connectivity index (χ3n) is 4.67. The Morgan fingerprint density at radius 3 is 2.24 bits per heavy atom. The van der Waals surface area contributed by atoms with Gasteiger partial charge in [0.1, 0.15) is 5.82 Å². The fourth-order valence-corrected chi connectivity index (χ4v) is 3.36. The van der Waals surface area contributed by atoms with E-state index in [9.17, 15) is 12.8 Å². The normalized spacial score (nSPS) is 19.5. The molecular weight excluding hydrogens is 370 g/mol. The van der Waals surface area contributed by atoms with Gasteiger partial charge in [0.05, 0.1) is 16.9 Å². The van der Waals surface area contributed by atoms with E-state index in [1.165, 1.54) is 19.2 Å². The molecule has 0 spiro atoms. The van der Waals surface area contributed by atoms with Crippen LogP contribution in [0, 0.1) is 5.82 Å². The third kappa shape index (κ3) is 3.95. The summed E-state index contributed by atoms with van der Waals surface area (Å²) in [6.45, 7) is 9.28. The predicted octanol–water partition coefficient (Wildman–Crippen LogP) is 2.39. The third-order valence-corrected chi connectivity index (χ3v) is 6.44. The molecule has 0 unspecified atom stereocenters. The average molecular weight is 393 g/mol. The summed E-state index contributed by atoms with van der Waals surface area (Å²) in [5.41, 5.74) is -1.52. The van der Waals surface area contributed by atoms with E-state index in [4.69, 9.17) is 20.9 Å². The first-order valence-corrected chi connectivity index (χ1v) is 9.71. The lowest BCUT2D eigenvalue weighted by Gasteiger charge is -2.32. The topological polar surface area (TPSA) is 67.9 Å². The van der Waals surface area contributed by atoms with E-state index in [0.717, 1.165) is 4.31 Å². The average Bonchev–Trinajstić information content (AvgIpc) is 2.69. The number of nitrogens with zero attached hydrogens (tertiary/aromatic N) is 1. The molecule has 140 valence electrons. The minimum atomic E-state index is -3.89. The SMILES string of the molecule is CCN(C)S(=O)(=O)Nc1cc(Cl)cc(B2OC(C)(C)C(C)(C)O2)c1F. The number of rotatable bonds is 5. The van der Waals surface area contributed by atoms with Gasteiger partial charge in [-0.1, -0.05) is 18.5 Å². The van der Waals surface area contributed by atoms with Crippen molar-refractivity contribution in [1.29, 1.82) is 0 Å². The summed E-state index contributed by atoms with van der Waals surface area (Å²) < 4.78 is 54.2. The molecular formula is C15H23BClFN2O4S. The first-order valence-electron chi connectivity index (χ1n) is 7.89. The molecule has 6 nitrogen and oxygen atoms in total. The lowest BCUT2D eigenvalue weighted by atomic mass is 9.78. The van der Waals surface area contributed by atoms with Gasteiger partial charge in [-0.15, -0.1) is 0 Å². The molecule has 1 aliphatic heterocycles. The number of hydrogen-bond acceptors (Lipinski definition) is 4. The van der Waals surface area contributed by atoms with Gasteiger partial charge < -0.3 is 9.31 Å². The quantitative estimate of drug-likeness (QED) is 0.781. The van der Waals surface area contributed by atoms with E-state index in [1.807, 2.05) is 27.7 Å². The molecule has 1 aliphatic rings. The maximum Gasteiger partial charge on any atom is 0.497 e. The van der Waals surface area contributed by atoms with E-state index >= 15 is 0 Å². The van der Waals surface area contributed by atoms with Gasteiger partial charge in [0.15, 0.2) is 0 Å². The highest BCUT2D eigenvalue weighted by Crippen LogP contribution is 2.37. The lowest BCUT2D eigenvalue weighted by Crippen LogP contribution is -2.41. The molecule has 1 aromatic carbocycles. The minimum absolute atomic E-state index is 0.0444. The van der Waals surface area contributed by atoms with Crippen LogP contribution in [0.15, 0.2) is 12.1 Å². The Hall–Kier alpha value is -0.865. The molecule has 1 N–H and O–H groups in total. The number of nitrogens with one attached hydrogen (secondary N) is 1. The standard InChI is InChI=1S/C15H23BClFN2O4S/c1-7-20(6)25(21,22)19-12-9-10(17)8-11(13(12)18)16-23-14(2,3)15(4,5)24-16/h8-9,19H,7H2,1-6H3. The zero-order valence-electron chi connectivity index (χ0n) is 15.2. The molecule has 1 saturated heterocycles. The summed E-state index contributed by atoms with van der Waals surface area (Å²) in [6.07, 6.45) is 0. The fourth-order valence-electron chi connectivity index (χ4n) is 2.21. The van der Waals surface area contributed by atoms with Crippen LogP contribution in [0.2, 0.25) is 5.02 Å². The van der Waals surface area contributed by atoms with Crippen molar-refractivity contribution >= 4 is 40.1 Å². The summed E-state index contributed by atoms with van der Waals surface area (Å²) >= 11 is 6.06. The molecule has 10 heteroatoms. The molecule has 1 heterocycles. The van der Waals surface area contributed by atoms with Crippen LogP contribution in [0.3, 0.4) is 0 Å². The smallest absolute Gasteiger partial charge is 0.399 e. The Morgan fingerprint density at radius 2 is 1.76 bits per heavy atom. The Morgan fingerprint density at radius 1 is 1.24 bits per heavy atom. The van der Waals surface area contributed by atoms with E-state index in [0.29, 0.717) is 0 Å². The lowest BCUT2D eigenvalue weighted by molar-refractivity contribution is 0.00578. The minimum Gasteiger partial charge on any atom is -0.399 e. The number of anilines is 1. The van der Waals surface area contributed by atoms with E-state index in [-0.39, 0.29) is 22.7 Å². The second-order valence-electron chi connectivity index (χ2n) is 6.97. The van der Waals surface area contributed by atoms with Crippen molar-refractivity contribution in [3.63, 3.8) is 0 Å². The van der Waals surface area contributed by atoms with Crippen LogP contribution in [-0.2, 0) is 19.5 Å². The maximum absolute atomic E-state index is 14.9. The van der Waals surface area contributed by atoms with Gasteiger partial charge in [-0.2, -0.15) is 12.7 Å². The Balaban J connectivity index is 2.42. The van der Waals surface area contributed by atoms with Gasteiger partial charge in [0.2, 0.25) is 0 Å². The number of hydrogen-bond donors (Lipinski definition) is 1. The zero-order valence-corrected chi connectivity index (χ0v) is 16.8. The first-order chi connectivity index (χ1) is 11.3. The summed E-state index contributed by atoms with van der Waals surface area (Å²) in [7, 11) is -3.49. The fraction of sp³-hybridized carbons (Fsp3) is 0.600. The molecule has 2 rings (SSSR count). The van der Waals surface area contributed by atoms with Crippen molar-refractivity contribution in [2.24, 2.45) is 0 Å². The van der Waals surface area contributed by atoms with E-state index < -0.39 is 34.3 Å². The molecule has 0 saturated carbocycles. The molecule has 0 aliphatic carbocycles. The van der Waals surface area contributed by atoms with Crippen LogP contribution in [0.5, 0.6) is 0 Å². The Bertz CT molecular complexity index is 757. The largest absolute Gasteiger partial charge is 0.497 e. The second kappa shape index (κ2) is 6.70.